The van der Waals surface area contributed by atoms with Crippen LogP contribution in [0.5, 0.6) is 0 Å². The van der Waals surface area contributed by atoms with E-state index in [2.05, 4.69) is 20.8 Å². The van der Waals surface area contributed by atoms with Crippen molar-refractivity contribution in [3.05, 3.63) is 0 Å². The molecule has 3 unspecified atom stereocenters. The molecule has 1 saturated heterocycles. The summed E-state index contributed by atoms with van der Waals surface area (Å²) in [6, 6.07) is 0. The first-order valence-corrected chi connectivity index (χ1v) is 7.64. The van der Waals surface area contributed by atoms with Gasteiger partial charge < -0.3 is 18.9 Å². The molecule has 1 aliphatic rings. The summed E-state index contributed by atoms with van der Waals surface area (Å²) in [5.74, 6) is 0.605. The first kappa shape index (κ1) is 16.9. The molecule has 4 nitrogen and oxygen atoms in total. The zero-order valence-electron chi connectivity index (χ0n) is 12.7. The first-order chi connectivity index (χ1) is 9.26. The van der Waals surface area contributed by atoms with Crippen LogP contribution in [0.15, 0.2) is 0 Å². The van der Waals surface area contributed by atoms with Gasteiger partial charge >= 0.3 is 0 Å². The van der Waals surface area contributed by atoms with Crippen molar-refractivity contribution in [1.82, 2.24) is 0 Å². The lowest BCUT2D eigenvalue weighted by atomic mass is 10.1. The molecule has 1 heterocycles. The predicted octanol–water partition coefficient (Wildman–Crippen LogP) is 2.65. The van der Waals surface area contributed by atoms with Crippen LogP contribution in [0.25, 0.3) is 0 Å². The van der Waals surface area contributed by atoms with Crippen LogP contribution in [-0.2, 0) is 18.9 Å². The van der Waals surface area contributed by atoms with E-state index < -0.39 is 0 Å². The second-order valence-electron chi connectivity index (χ2n) is 5.39. The Hall–Kier alpha value is -0.160. The average Bonchev–Trinajstić information content (AvgIpc) is 3.23. The maximum Gasteiger partial charge on any atom is 0.104 e. The third-order valence-electron chi connectivity index (χ3n) is 3.27. The van der Waals surface area contributed by atoms with Crippen LogP contribution >= 0.6 is 0 Å². The molecule has 0 N–H and O–H groups in total. The molecule has 0 aliphatic carbocycles. The van der Waals surface area contributed by atoms with Gasteiger partial charge in [0, 0.05) is 13.2 Å². The molecular weight excluding hydrogens is 244 g/mol. The number of ether oxygens (including phenoxy) is 4. The molecule has 1 aliphatic heterocycles. The predicted molar refractivity (Wildman–Crippen MR) is 75.5 cm³/mol. The van der Waals surface area contributed by atoms with Gasteiger partial charge in [-0.3, -0.25) is 0 Å². The van der Waals surface area contributed by atoms with Gasteiger partial charge in [-0.2, -0.15) is 0 Å². The van der Waals surface area contributed by atoms with Gasteiger partial charge in [-0.05, 0) is 12.3 Å². The van der Waals surface area contributed by atoms with Gasteiger partial charge in [0.15, 0.2) is 0 Å². The number of unbranched alkanes of at least 4 members (excludes halogenated alkanes) is 1. The van der Waals surface area contributed by atoms with E-state index in [1.165, 1.54) is 0 Å². The highest BCUT2D eigenvalue weighted by Gasteiger charge is 2.24. The highest BCUT2D eigenvalue weighted by molar-refractivity contribution is 4.69. The Kier molecular flexibility index (Phi) is 9.43. The molecule has 1 fully saturated rings. The molecular formula is C15H30O4. The lowest BCUT2D eigenvalue weighted by Crippen LogP contribution is -2.28. The Balaban J connectivity index is 2.10. The molecule has 0 aromatic heterocycles. The average molecular weight is 274 g/mol. The lowest BCUT2D eigenvalue weighted by molar-refractivity contribution is -0.0673. The van der Waals surface area contributed by atoms with Crippen molar-refractivity contribution in [2.24, 2.45) is 5.92 Å². The van der Waals surface area contributed by atoms with Crippen LogP contribution in [0.1, 0.15) is 40.0 Å². The van der Waals surface area contributed by atoms with E-state index in [0.29, 0.717) is 31.8 Å². The third-order valence-corrected chi connectivity index (χ3v) is 3.27. The summed E-state index contributed by atoms with van der Waals surface area (Å²) in [5.41, 5.74) is 0. The Morgan fingerprint density at radius 1 is 1.16 bits per heavy atom. The fraction of sp³-hybridized carbons (Fsp3) is 1.00. The second kappa shape index (κ2) is 10.6. The number of hydrogen-bond donors (Lipinski definition) is 0. The summed E-state index contributed by atoms with van der Waals surface area (Å²) >= 11 is 0. The summed E-state index contributed by atoms with van der Waals surface area (Å²) in [6.45, 7) is 10.9. The second-order valence-corrected chi connectivity index (χ2v) is 5.39. The van der Waals surface area contributed by atoms with E-state index in [4.69, 9.17) is 18.9 Å². The van der Waals surface area contributed by atoms with E-state index in [0.717, 1.165) is 39.1 Å². The highest BCUT2D eigenvalue weighted by atomic mass is 16.6. The molecule has 0 aromatic carbocycles. The summed E-state index contributed by atoms with van der Waals surface area (Å²) in [6.07, 6.45) is 3.74. The van der Waals surface area contributed by atoms with Crippen molar-refractivity contribution in [2.75, 3.05) is 39.6 Å². The largest absolute Gasteiger partial charge is 0.379 e. The Bertz CT molecular complexity index is 206. The van der Waals surface area contributed by atoms with Gasteiger partial charge in [-0.15, -0.1) is 0 Å². The topological polar surface area (TPSA) is 40.2 Å². The molecule has 4 heteroatoms. The molecule has 0 spiro atoms. The minimum atomic E-state index is 0.0325. The van der Waals surface area contributed by atoms with Crippen LogP contribution < -0.4 is 0 Å². The van der Waals surface area contributed by atoms with Crippen LogP contribution in [0, 0.1) is 5.92 Å². The SMILES string of the molecule is CCCCOCC(COCC(C)CC)OCC1CO1. The number of rotatable bonds is 13. The zero-order chi connectivity index (χ0) is 13.9. The summed E-state index contributed by atoms with van der Waals surface area (Å²) in [5, 5.41) is 0. The van der Waals surface area contributed by atoms with Gasteiger partial charge in [0.05, 0.1) is 26.4 Å². The van der Waals surface area contributed by atoms with Crippen LogP contribution in [0.3, 0.4) is 0 Å². The zero-order valence-corrected chi connectivity index (χ0v) is 12.7. The van der Waals surface area contributed by atoms with Crippen molar-refractivity contribution in [1.29, 1.82) is 0 Å². The summed E-state index contributed by atoms with van der Waals surface area (Å²) < 4.78 is 22.3. The van der Waals surface area contributed by atoms with E-state index in [-0.39, 0.29) is 6.10 Å². The van der Waals surface area contributed by atoms with E-state index in [9.17, 15) is 0 Å². The maximum absolute atomic E-state index is 5.79. The van der Waals surface area contributed by atoms with Gasteiger partial charge in [0.2, 0.25) is 0 Å². The number of hydrogen-bond acceptors (Lipinski definition) is 4. The Labute approximate surface area is 117 Å². The van der Waals surface area contributed by atoms with Crippen LogP contribution in [-0.4, -0.2) is 51.8 Å². The minimum absolute atomic E-state index is 0.0325. The van der Waals surface area contributed by atoms with Crippen molar-refractivity contribution >= 4 is 0 Å². The minimum Gasteiger partial charge on any atom is -0.379 e. The van der Waals surface area contributed by atoms with E-state index in [1.807, 2.05) is 0 Å². The van der Waals surface area contributed by atoms with Gasteiger partial charge in [0.1, 0.15) is 12.2 Å². The first-order valence-electron chi connectivity index (χ1n) is 7.64. The highest BCUT2D eigenvalue weighted by Crippen LogP contribution is 2.11. The summed E-state index contributed by atoms with van der Waals surface area (Å²) in [4.78, 5) is 0. The molecule has 1 rings (SSSR count). The van der Waals surface area contributed by atoms with Crippen molar-refractivity contribution in [3.63, 3.8) is 0 Å². The molecule has 114 valence electrons. The Morgan fingerprint density at radius 3 is 2.53 bits per heavy atom. The smallest absolute Gasteiger partial charge is 0.104 e. The number of epoxide rings is 1. The Morgan fingerprint density at radius 2 is 1.89 bits per heavy atom. The van der Waals surface area contributed by atoms with Crippen molar-refractivity contribution in [3.8, 4) is 0 Å². The molecule has 0 bridgehead atoms. The van der Waals surface area contributed by atoms with Gasteiger partial charge in [0.25, 0.3) is 0 Å². The van der Waals surface area contributed by atoms with Crippen molar-refractivity contribution < 1.29 is 18.9 Å². The molecule has 3 atom stereocenters. The van der Waals surface area contributed by atoms with Gasteiger partial charge in [-0.1, -0.05) is 33.6 Å². The molecule has 19 heavy (non-hydrogen) atoms. The van der Waals surface area contributed by atoms with E-state index in [1.54, 1.807) is 0 Å². The fourth-order valence-electron chi connectivity index (χ4n) is 1.53. The molecule has 0 aromatic rings. The molecule has 0 amide bonds. The quantitative estimate of drug-likeness (QED) is 0.382. The van der Waals surface area contributed by atoms with Crippen LogP contribution in [0.4, 0.5) is 0 Å². The summed E-state index contributed by atoms with van der Waals surface area (Å²) in [7, 11) is 0. The van der Waals surface area contributed by atoms with Crippen molar-refractivity contribution in [2.45, 2.75) is 52.2 Å². The third kappa shape index (κ3) is 9.38. The molecule has 0 radical (unpaired) electrons. The van der Waals surface area contributed by atoms with Crippen LogP contribution in [0.2, 0.25) is 0 Å². The van der Waals surface area contributed by atoms with Gasteiger partial charge in [-0.25, -0.2) is 0 Å². The fourth-order valence-corrected chi connectivity index (χ4v) is 1.53. The lowest BCUT2D eigenvalue weighted by Gasteiger charge is -2.19. The standard InChI is InChI=1S/C15H30O4/c1-4-6-7-16-9-14(18-11-15-12-19-15)10-17-8-13(3)5-2/h13-15H,4-12H2,1-3H3. The monoisotopic (exact) mass is 274 g/mol. The van der Waals surface area contributed by atoms with E-state index >= 15 is 0 Å². The normalized spacial score (nSPS) is 21.3. The molecule has 0 saturated carbocycles. The maximum atomic E-state index is 5.79.